The van der Waals surface area contributed by atoms with Gasteiger partial charge in [0, 0.05) is 19.5 Å². The van der Waals surface area contributed by atoms with Gasteiger partial charge in [-0.05, 0) is 25.1 Å². The summed E-state index contributed by atoms with van der Waals surface area (Å²) >= 11 is 0. The van der Waals surface area contributed by atoms with Gasteiger partial charge in [-0.2, -0.15) is 0 Å². The van der Waals surface area contributed by atoms with Gasteiger partial charge in [0.15, 0.2) is 0 Å². The van der Waals surface area contributed by atoms with Crippen LogP contribution >= 0.6 is 0 Å². The molecule has 4 nitrogen and oxygen atoms in total. The molecule has 1 fully saturated rings. The topological polar surface area (TPSA) is 30.3 Å². The van der Waals surface area contributed by atoms with Gasteiger partial charge in [0.25, 0.3) is 0 Å². The Balaban J connectivity index is 1.86. The van der Waals surface area contributed by atoms with E-state index in [-0.39, 0.29) is 6.10 Å². The summed E-state index contributed by atoms with van der Waals surface area (Å²) in [5.41, 5.74) is 2.34. The van der Waals surface area contributed by atoms with E-state index in [1.807, 2.05) is 0 Å². The van der Waals surface area contributed by atoms with Gasteiger partial charge in [-0.1, -0.05) is 26.0 Å². The minimum atomic E-state index is 0.270. The number of morpholine rings is 1. The number of aromatic nitrogens is 2. The first-order valence-electron chi connectivity index (χ1n) is 8.10. The molecule has 2 heterocycles. The second kappa shape index (κ2) is 6.58. The summed E-state index contributed by atoms with van der Waals surface area (Å²) in [6.45, 7) is 9.36. The van der Waals surface area contributed by atoms with Crippen LogP contribution in [0.1, 0.15) is 26.1 Å². The summed E-state index contributed by atoms with van der Waals surface area (Å²) in [5.74, 6) is 1.19. The van der Waals surface area contributed by atoms with Gasteiger partial charge in [-0.3, -0.25) is 4.90 Å². The van der Waals surface area contributed by atoms with Gasteiger partial charge in [0.1, 0.15) is 5.82 Å². The second-order valence-electron chi connectivity index (χ2n) is 5.76. The number of rotatable bonds is 5. The standard InChI is InChI=1S/C17H25N3O/c1-3-7-17-18-15-8-5-6-9-16(15)20(17)13-14-12-19(4-2)10-11-21-14/h5-6,8-9,14H,3-4,7,10-13H2,1-2H3. The Hall–Kier alpha value is -1.39. The molecule has 0 amide bonds. The van der Waals surface area contributed by atoms with E-state index in [2.05, 4.69) is 47.6 Å². The summed E-state index contributed by atoms with van der Waals surface area (Å²) in [6, 6.07) is 8.43. The number of imidazole rings is 1. The molecule has 0 N–H and O–H groups in total. The lowest BCUT2D eigenvalue weighted by Crippen LogP contribution is -2.44. The second-order valence-corrected chi connectivity index (χ2v) is 5.76. The first kappa shape index (κ1) is 14.5. The van der Waals surface area contributed by atoms with Crippen molar-refractivity contribution < 1.29 is 4.74 Å². The molecule has 3 rings (SSSR count). The lowest BCUT2D eigenvalue weighted by atomic mass is 10.2. The SMILES string of the molecule is CCCc1nc2ccccc2n1CC1CN(CC)CCO1. The number of fused-ring (bicyclic) bond motifs is 1. The zero-order chi connectivity index (χ0) is 14.7. The predicted octanol–water partition coefficient (Wildman–Crippen LogP) is 2.71. The van der Waals surface area contributed by atoms with E-state index >= 15 is 0 Å². The number of benzene rings is 1. The summed E-state index contributed by atoms with van der Waals surface area (Å²) in [4.78, 5) is 7.27. The fraction of sp³-hybridized carbons (Fsp3) is 0.588. The molecule has 1 saturated heterocycles. The Labute approximate surface area is 126 Å². The number of hydrogen-bond donors (Lipinski definition) is 0. The Morgan fingerprint density at radius 1 is 1.29 bits per heavy atom. The number of aryl methyl sites for hydroxylation is 1. The van der Waals surface area contributed by atoms with Gasteiger partial charge in [-0.15, -0.1) is 0 Å². The molecule has 0 bridgehead atoms. The first-order chi connectivity index (χ1) is 10.3. The lowest BCUT2D eigenvalue weighted by molar-refractivity contribution is -0.0341. The largest absolute Gasteiger partial charge is 0.374 e. The number of para-hydroxylation sites is 2. The molecular formula is C17H25N3O. The normalized spacial score (nSPS) is 20.2. The molecule has 4 heteroatoms. The van der Waals surface area contributed by atoms with E-state index in [4.69, 9.17) is 9.72 Å². The minimum Gasteiger partial charge on any atom is -0.374 e. The number of likely N-dealkylation sites (N-methyl/N-ethyl adjacent to an activating group) is 1. The molecule has 1 unspecified atom stereocenters. The fourth-order valence-electron chi connectivity index (χ4n) is 3.13. The van der Waals surface area contributed by atoms with E-state index in [1.165, 1.54) is 11.3 Å². The summed E-state index contributed by atoms with van der Waals surface area (Å²) in [6.07, 6.45) is 2.42. The maximum Gasteiger partial charge on any atom is 0.109 e. The van der Waals surface area contributed by atoms with Gasteiger partial charge >= 0.3 is 0 Å². The quantitative estimate of drug-likeness (QED) is 0.847. The van der Waals surface area contributed by atoms with Crippen molar-refractivity contribution in [3.63, 3.8) is 0 Å². The monoisotopic (exact) mass is 287 g/mol. The highest BCUT2D eigenvalue weighted by atomic mass is 16.5. The van der Waals surface area contributed by atoms with Gasteiger partial charge in [0.05, 0.1) is 30.3 Å². The molecule has 1 atom stereocenters. The van der Waals surface area contributed by atoms with Crippen LogP contribution in [-0.2, 0) is 17.7 Å². The van der Waals surface area contributed by atoms with Gasteiger partial charge in [0.2, 0.25) is 0 Å². The van der Waals surface area contributed by atoms with Crippen LogP contribution in [-0.4, -0.2) is 46.8 Å². The first-order valence-corrected chi connectivity index (χ1v) is 8.10. The molecular weight excluding hydrogens is 262 g/mol. The van der Waals surface area contributed by atoms with Crippen molar-refractivity contribution in [2.45, 2.75) is 39.3 Å². The van der Waals surface area contributed by atoms with Gasteiger partial charge in [-0.25, -0.2) is 4.98 Å². The van der Waals surface area contributed by atoms with Crippen LogP contribution in [0.25, 0.3) is 11.0 Å². The van der Waals surface area contributed by atoms with Crippen molar-refractivity contribution in [2.24, 2.45) is 0 Å². The van der Waals surface area contributed by atoms with Crippen molar-refractivity contribution in [1.29, 1.82) is 0 Å². The Morgan fingerprint density at radius 2 is 2.14 bits per heavy atom. The third-order valence-electron chi connectivity index (χ3n) is 4.26. The zero-order valence-corrected chi connectivity index (χ0v) is 13.1. The maximum absolute atomic E-state index is 5.98. The average Bonchev–Trinajstić information content (AvgIpc) is 2.86. The molecule has 0 aliphatic carbocycles. The molecule has 1 aliphatic rings. The van der Waals surface area contributed by atoms with Crippen LogP contribution in [0, 0.1) is 0 Å². The van der Waals surface area contributed by atoms with E-state index in [0.717, 1.165) is 51.1 Å². The van der Waals surface area contributed by atoms with E-state index < -0.39 is 0 Å². The van der Waals surface area contributed by atoms with E-state index in [0.29, 0.717) is 0 Å². The summed E-state index contributed by atoms with van der Waals surface area (Å²) in [7, 11) is 0. The number of ether oxygens (including phenoxy) is 1. The number of nitrogens with zero attached hydrogens (tertiary/aromatic N) is 3. The smallest absolute Gasteiger partial charge is 0.109 e. The van der Waals surface area contributed by atoms with Gasteiger partial charge < -0.3 is 9.30 Å². The molecule has 0 spiro atoms. The highest BCUT2D eigenvalue weighted by Crippen LogP contribution is 2.19. The zero-order valence-electron chi connectivity index (χ0n) is 13.1. The predicted molar refractivity (Wildman–Crippen MR) is 85.6 cm³/mol. The molecule has 1 aliphatic heterocycles. The van der Waals surface area contributed by atoms with Crippen LogP contribution in [0.2, 0.25) is 0 Å². The Morgan fingerprint density at radius 3 is 2.95 bits per heavy atom. The fourth-order valence-corrected chi connectivity index (χ4v) is 3.13. The van der Waals surface area contributed by atoms with Crippen molar-refractivity contribution in [2.75, 3.05) is 26.2 Å². The molecule has 1 aromatic heterocycles. The molecule has 2 aromatic rings. The van der Waals surface area contributed by atoms with Crippen molar-refractivity contribution >= 4 is 11.0 Å². The van der Waals surface area contributed by atoms with Crippen LogP contribution in [0.3, 0.4) is 0 Å². The van der Waals surface area contributed by atoms with Crippen LogP contribution in [0.4, 0.5) is 0 Å². The molecule has 21 heavy (non-hydrogen) atoms. The maximum atomic E-state index is 5.98. The molecule has 0 saturated carbocycles. The van der Waals surface area contributed by atoms with Crippen molar-refractivity contribution in [3.8, 4) is 0 Å². The summed E-state index contributed by atoms with van der Waals surface area (Å²) in [5, 5.41) is 0. The van der Waals surface area contributed by atoms with Crippen LogP contribution in [0.15, 0.2) is 24.3 Å². The number of hydrogen-bond acceptors (Lipinski definition) is 3. The third kappa shape index (κ3) is 3.11. The summed E-state index contributed by atoms with van der Waals surface area (Å²) < 4.78 is 8.34. The molecule has 0 radical (unpaired) electrons. The highest BCUT2D eigenvalue weighted by Gasteiger charge is 2.21. The third-order valence-corrected chi connectivity index (χ3v) is 4.26. The van der Waals surface area contributed by atoms with E-state index in [9.17, 15) is 0 Å². The molecule has 1 aromatic carbocycles. The van der Waals surface area contributed by atoms with Crippen LogP contribution < -0.4 is 0 Å². The molecule has 114 valence electrons. The van der Waals surface area contributed by atoms with Crippen molar-refractivity contribution in [1.82, 2.24) is 14.5 Å². The lowest BCUT2D eigenvalue weighted by Gasteiger charge is -2.32. The van der Waals surface area contributed by atoms with Crippen molar-refractivity contribution in [3.05, 3.63) is 30.1 Å². The average molecular weight is 287 g/mol. The van der Waals surface area contributed by atoms with E-state index in [1.54, 1.807) is 0 Å². The van der Waals surface area contributed by atoms with Crippen LogP contribution in [0.5, 0.6) is 0 Å². The minimum absolute atomic E-state index is 0.270. The Bertz CT molecular complexity index is 593. The highest BCUT2D eigenvalue weighted by molar-refractivity contribution is 5.75. The Kier molecular flexibility index (Phi) is 4.56.